The number of carboxylic acid groups (broad SMARTS) is 1. The third kappa shape index (κ3) is 22.2. The standard InChI is InChI=1S/C63H82N8O15S3/c1-35(72)51-58(80)68-48(57(79)71-52(36(2)73)59(81)82)34-89-88-33-47(67-55(77)45(28-37-18-10-9-11-19-37)69-61(84)86-63(6,7)8)49(74)31-40(29-41-32-87-50-24-15-14-22-43(41)50)53(75)66-46(30-39-26-25-38-20-12-13-21-42(38)39)56(78)65-44(54(76)70-51)23-16-17-27-64-60(83)85-62(3,4)5/h9-15,18-22,24,26,32,35-36,40,44-48,51-52,72-73H,16-17,23,25,27-31,33-34H2,1-8H3,(H,64,83)(H,65,78)(H,66,75)(H,67,77)(H,68,80)(H,69,84)(H,70,76)(H,71,79)(H,81,82)/t35-,36-,40-,44+,45-,46-,47+,48+,51+,52+/m1/s1. The molecule has 0 saturated carbocycles. The first kappa shape index (κ1) is 70.6. The van der Waals surface area contributed by atoms with E-state index in [0.717, 1.165) is 49.7 Å². The normalized spacial score (nSPS) is 21.4. The van der Waals surface area contributed by atoms with Gasteiger partial charge in [-0.25, -0.2) is 14.4 Å². The van der Waals surface area contributed by atoms with Gasteiger partial charge in [-0.1, -0.05) is 100 Å². The van der Waals surface area contributed by atoms with E-state index in [2.05, 4.69) is 42.5 Å². The number of amides is 8. The van der Waals surface area contributed by atoms with Crippen LogP contribution in [-0.4, -0.2) is 158 Å². The lowest BCUT2D eigenvalue weighted by Gasteiger charge is -2.29. The number of carboxylic acids is 1. The van der Waals surface area contributed by atoms with Crippen LogP contribution in [0.25, 0.3) is 15.7 Å². The molecule has 0 radical (unpaired) electrons. The van der Waals surface area contributed by atoms with Gasteiger partial charge < -0.3 is 67.3 Å². The zero-order valence-corrected chi connectivity index (χ0v) is 53.6. The number of unbranched alkanes of at least 4 members (excludes halogenated alkanes) is 1. The number of alkyl carbamates (subject to hydrolysis) is 2. The van der Waals surface area contributed by atoms with Crippen LogP contribution < -0.4 is 42.5 Å². The van der Waals surface area contributed by atoms with E-state index in [4.69, 9.17) is 9.47 Å². The number of Topliss-reactive ketones (excluding diaryl/α,β-unsaturated/α-hetero) is 1. The number of nitrogens with one attached hydrogen (secondary N) is 8. The average Bonchev–Trinajstić information content (AvgIpc) is 4.25. The van der Waals surface area contributed by atoms with Crippen molar-refractivity contribution in [3.63, 3.8) is 0 Å². The van der Waals surface area contributed by atoms with Crippen molar-refractivity contribution >= 4 is 108 Å². The summed E-state index contributed by atoms with van der Waals surface area (Å²) in [6.07, 6.45) is -2.77. The minimum Gasteiger partial charge on any atom is -0.480 e. The Morgan fingerprint density at radius 1 is 0.708 bits per heavy atom. The number of allylic oxidation sites excluding steroid dienone is 1. The molecular weight excluding hydrogens is 1200 g/mol. The quantitative estimate of drug-likeness (QED) is 0.0433. The van der Waals surface area contributed by atoms with E-state index in [1.54, 1.807) is 71.9 Å². The van der Waals surface area contributed by atoms with E-state index in [-0.39, 0.29) is 56.6 Å². The highest BCUT2D eigenvalue weighted by Crippen LogP contribution is 2.33. The molecule has 6 rings (SSSR count). The number of rotatable bonds is 19. The van der Waals surface area contributed by atoms with Crippen LogP contribution >= 0.6 is 32.9 Å². The van der Waals surface area contributed by atoms with Gasteiger partial charge in [-0.05, 0) is 132 Å². The molecule has 1 aliphatic heterocycles. The Hall–Kier alpha value is -7.52. The number of aliphatic carboxylic acids is 1. The van der Waals surface area contributed by atoms with E-state index in [9.17, 15) is 48.9 Å². The predicted molar refractivity (Wildman–Crippen MR) is 340 cm³/mol. The molecule has 1 aromatic heterocycles. The van der Waals surface area contributed by atoms with Crippen molar-refractivity contribution in [1.82, 2.24) is 42.5 Å². The SMILES string of the molecule is C[C@@H](O)[C@H](NC(=O)[C@@H]1CSSC[C@H](NC(=O)[C@@H](Cc2ccccc2)NC(=O)OC(C)(C)C)C(=O)C[C@@H](Cc2csc3ccccc23)C(=O)N[C@H](CC2=CCc3ccccc32)C(=O)N[C@@H](CCCCNC(=O)OC(C)(C)C)C(=O)N[C@@H]([C@@H](C)O)C(=O)N1)C(=O)O. The molecule has 2 heterocycles. The molecule has 3 aromatic carbocycles. The first-order valence-electron chi connectivity index (χ1n) is 29.5. The zero-order chi connectivity index (χ0) is 65.2. The van der Waals surface area contributed by atoms with Gasteiger partial charge in [0.15, 0.2) is 11.8 Å². The summed E-state index contributed by atoms with van der Waals surface area (Å²) >= 11 is 1.43. The number of hydrogen-bond acceptors (Lipinski definition) is 17. The minimum absolute atomic E-state index is 0.0236. The fourth-order valence-corrected chi connectivity index (χ4v) is 13.2. The van der Waals surface area contributed by atoms with Crippen molar-refractivity contribution in [1.29, 1.82) is 0 Å². The summed E-state index contributed by atoms with van der Waals surface area (Å²) < 4.78 is 11.8. The Labute approximate surface area is 529 Å². The molecule has 8 amide bonds. The molecule has 1 fully saturated rings. The second kappa shape index (κ2) is 32.8. The smallest absolute Gasteiger partial charge is 0.408 e. The Morgan fingerprint density at radius 2 is 1.35 bits per heavy atom. The third-order valence-corrected chi connectivity index (χ3v) is 17.8. The van der Waals surface area contributed by atoms with Gasteiger partial charge in [-0.15, -0.1) is 11.3 Å². The maximum absolute atomic E-state index is 15.4. The van der Waals surface area contributed by atoms with Crippen LogP contribution in [0.2, 0.25) is 0 Å². The molecule has 1 aliphatic carbocycles. The minimum atomic E-state index is -1.86. The predicted octanol–water partition coefficient (Wildman–Crippen LogP) is 5.03. The summed E-state index contributed by atoms with van der Waals surface area (Å²) in [6.45, 7) is 12.5. The van der Waals surface area contributed by atoms with Gasteiger partial charge >= 0.3 is 18.2 Å². The largest absolute Gasteiger partial charge is 0.480 e. The number of thiophene rings is 1. The van der Waals surface area contributed by atoms with Crippen molar-refractivity contribution in [2.45, 2.75) is 172 Å². The average molecular weight is 1290 g/mol. The van der Waals surface area contributed by atoms with Crippen molar-refractivity contribution in [2.75, 3.05) is 18.1 Å². The molecule has 0 bridgehead atoms. The van der Waals surface area contributed by atoms with E-state index >= 15 is 14.4 Å². The lowest BCUT2D eigenvalue weighted by Crippen LogP contribution is -2.62. The van der Waals surface area contributed by atoms with E-state index in [0.29, 0.717) is 23.1 Å². The van der Waals surface area contributed by atoms with E-state index in [1.807, 2.05) is 60.0 Å². The Morgan fingerprint density at radius 3 is 2.03 bits per heavy atom. The molecule has 10 atom stereocenters. The topological polar surface area (TPSA) is 346 Å². The fourth-order valence-electron chi connectivity index (χ4n) is 9.86. The Kier molecular flexibility index (Phi) is 26.0. The number of fused-ring (bicyclic) bond motifs is 2. The Balaban J connectivity index is 1.44. The highest BCUT2D eigenvalue weighted by Gasteiger charge is 2.38. The number of benzene rings is 3. The molecule has 11 N–H and O–H groups in total. The van der Waals surface area contributed by atoms with Crippen LogP contribution in [0.15, 0.2) is 90.3 Å². The summed E-state index contributed by atoms with van der Waals surface area (Å²) in [4.78, 5) is 142. The van der Waals surface area contributed by atoms with Crippen LogP contribution in [-0.2, 0) is 67.1 Å². The molecule has 89 heavy (non-hydrogen) atoms. The van der Waals surface area contributed by atoms with Gasteiger partial charge in [0, 0.05) is 47.9 Å². The molecule has 2 aliphatic rings. The van der Waals surface area contributed by atoms with Gasteiger partial charge in [0.2, 0.25) is 35.4 Å². The molecular formula is C63H82N8O15S3. The molecule has 0 unspecified atom stereocenters. The van der Waals surface area contributed by atoms with E-state index in [1.165, 1.54) is 18.3 Å². The highest BCUT2D eigenvalue weighted by atomic mass is 33.1. The summed E-state index contributed by atoms with van der Waals surface area (Å²) in [5, 5.41) is 55.2. The van der Waals surface area contributed by atoms with Crippen LogP contribution in [0.3, 0.4) is 0 Å². The molecule has 4 aromatic rings. The van der Waals surface area contributed by atoms with Crippen LogP contribution in [0, 0.1) is 5.92 Å². The monoisotopic (exact) mass is 1290 g/mol. The number of carbonyl (C=O) groups is 10. The first-order chi connectivity index (χ1) is 42.0. The van der Waals surface area contributed by atoms with Gasteiger partial charge in [0.1, 0.15) is 41.4 Å². The van der Waals surface area contributed by atoms with Crippen LogP contribution in [0.4, 0.5) is 9.59 Å². The van der Waals surface area contributed by atoms with Gasteiger partial charge in [0.25, 0.3) is 0 Å². The fraction of sp³-hybridized carbons (Fsp3) is 0.492. The van der Waals surface area contributed by atoms with Gasteiger partial charge in [-0.2, -0.15) is 0 Å². The first-order valence-corrected chi connectivity index (χ1v) is 32.8. The van der Waals surface area contributed by atoms with Crippen molar-refractivity contribution in [3.8, 4) is 0 Å². The molecule has 0 spiro atoms. The van der Waals surface area contributed by atoms with E-state index < -0.39 is 137 Å². The molecule has 482 valence electrons. The zero-order valence-electron chi connectivity index (χ0n) is 51.2. The Bertz CT molecular complexity index is 3200. The number of carbonyl (C=O) groups excluding carboxylic acids is 9. The lowest BCUT2D eigenvalue weighted by molar-refractivity contribution is -0.145. The summed E-state index contributed by atoms with van der Waals surface area (Å²) in [7, 11) is 1.87. The molecule has 26 heteroatoms. The second-order valence-corrected chi connectivity index (χ2v) is 27.5. The maximum Gasteiger partial charge on any atom is 0.408 e. The third-order valence-electron chi connectivity index (χ3n) is 14.3. The van der Waals surface area contributed by atoms with Gasteiger partial charge in [0.05, 0.1) is 18.2 Å². The summed E-state index contributed by atoms with van der Waals surface area (Å²) in [5.41, 5.74) is 2.12. The molecule has 1 saturated heterocycles. The second-order valence-electron chi connectivity index (χ2n) is 24.0. The number of aliphatic hydroxyl groups excluding tert-OH is 2. The van der Waals surface area contributed by atoms with Crippen molar-refractivity contribution < 1.29 is 72.7 Å². The number of hydrogen-bond donors (Lipinski definition) is 11. The van der Waals surface area contributed by atoms with Crippen LogP contribution in [0.1, 0.15) is 110 Å². The summed E-state index contributed by atoms with van der Waals surface area (Å²) in [5.74, 6) is -9.63. The van der Waals surface area contributed by atoms with Gasteiger partial charge in [-0.3, -0.25) is 33.6 Å². The lowest BCUT2D eigenvalue weighted by atomic mass is 9.90. The number of ketones is 1. The number of ether oxygens (including phenoxy) is 2. The van der Waals surface area contributed by atoms with Crippen molar-refractivity contribution in [3.05, 3.63) is 113 Å². The number of aliphatic hydroxyl groups is 2. The highest BCUT2D eigenvalue weighted by molar-refractivity contribution is 8.76. The van der Waals surface area contributed by atoms with Crippen LogP contribution in [0.5, 0.6) is 0 Å². The molecule has 23 nitrogen and oxygen atoms in total. The maximum atomic E-state index is 15.4. The summed E-state index contributed by atoms with van der Waals surface area (Å²) in [6, 6.07) is 12.9. The van der Waals surface area contributed by atoms with Crippen molar-refractivity contribution in [2.24, 2.45) is 5.92 Å².